The molecule has 0 N–H and O–H groups in total. The lowest BCUT2D eigenvalue weighted by atomic mass is 10.1. The fourth-order valence-electron chi connectivity index (χ4n) is 2.09. The molecule has 0 saturated heterocycles. The van der Waals surface area contributed by atoms with E-state index in [4.69, 9.17) is 4.74 Å². The number of nitrogens with zero attached hydrogens (tertiary/aromatic N) is 4. The van der Waals surface area contributed by atoms with Crippen LogP contribution >= 0.6 is 11.8 Å². The van der Waals surface area contributed by atoms with E-state index >= 15 is 0 Å². The van der Waals surface area contributed by atoms with Gasteiger partial charge in [0, 0.05) is 18.0 Å². The van der Waals surface area contributed by atoms with Crippen LogP contribution in [0.15, 0.2) is 47.9 Å². The van der Waals surface area contributed by atoms with Gasteiger partial charge in [-0.3, -0.25) is 4.79 Å². The number of ketones is 1. The first kappa shape index (κ1) is 15.5. The van der Waals surface area contributed by atoms with Crippen molar-refractivity contribution in [2.75, 3.05) is 6.61 Å². The minimum absolute atomic E-state index is 0.0323. The van der Waals surface area contributed by atoms with E-state index in [0.717, 1.165) is 5.75 Å². The molecule has 0 aliphatic carbocycles. The van der Waals surface area contributed by atoms with E-state index in [-0.39, 0.29) is 11.0 Å². The van der Waals surface area contributed by atoms with Crippen LogP contribution in [0.1, 0.15) is 24.2 Å². The van der Waals surface area contributed by atoms with E-state index < -0.39 is 0 Å². The monoisotopic (exact) mass is 328 g/mol. The van der Waals surface area contributed by atoms with Crippen molar-refractivity contribution in [3.8, 4) is 5.75 Å². The Morgan fingerprint density at radius 2 is 2.13 bits per heavy atom. The molecule has 0 radical (unpaired) electrons. The molecule has 0 fully saturated rings. The standard InChI is InChI=1S/C16H16N4O2S/c1-3-22-13-7-5-12(6-8-13)14(21)11(2)23-16-18-15-17-9-4-10-20(15)19-16/h4-11H,3H2,1-2H3/t11-/m1/s1. The van der Waals surface area contributed by atoms with E-state index in [1.165, 1.54) is 11.8 Å². The van der Waals surface area contributed by atoms with Crippen LogP contribution in [0, 0.1) is 0 Å². The molecule has 1 aromatic carbocycles. The van der Waals surface area contributed by atoms with Crippen molar-refractivity contribution in [1.29, 1.82) is 0 Å². The Kier molecular flexibility index (Phi) is 4.57. The number of carbonyl (C=O) groups excluding carboxylic acids is 1. The van der Waals surface area contributed by atoms with Gasteiger partial charge in [-0.25, -0.2) is 9.50 Å². The van der Waals surface area contributed by atoms with Gasteiger partial charge in [-0.2, -0.15) is 4.98 Å². The number of aromatic nitrogens is 4. The number of hydrogen-bond acceptors (Lipinski definition) is 6. The summed E-state index contributed by atoms with van der Waals surface area (Å²) in [7, 11) is 0. The second-order valence-electron chi connectivity index (χ2n) is 4.84. The zero-order chi connectivity index (χ0) is 16.2. The van der Waals surface area contributed by atoms with E-state index in [0.29, 0.717) is 23.1 Å². The second-order valence-corrected chi connectivity index (χ2v) is 6.15. The topological polar surface area (TPSA) is 69.4 Å². The summed E-state index contributed by atoms with van der Waals surface area (Å²) in [6, 6.07) is 8.96. The Morgan fingerprint density at radius 1 is 1.35 bits per heavy atom. The number of ether oxygens (including phenoxy) is 1. The molecule has 6 nitrogen and oxygen atoms in total. The smallest absolute Gasteiger partial charge is 0.253 e. The second kappa shape index (κ2) is 6.78. The summed E-state index contributed by atoms with van der Waals surface area (Å²) in [5, 5.41) is 4.55. The van der Waals surface area contributed by atoms with Gasteiger partial charge in [0.15, 0.2) is 5.78 Å². The third-order valence-corrected chi connectivity index (χ3v) is 4.15. The van der Waals surface area contributed by atoms with Crippen LogP contribution in [0.25, 0.3) is 5.78 Å². The molecule has 0 aliphatic heterocycles. The van der Waals surface area contributed by atoms with E-state index in [1.54, 1.807) is 47.2 Å². The molecule has 3 aromatic rings. The molecular weight excluding hydrogens is 312 g/mol. The average Bonchev–Trinajstić information content (AvgIpc) is 2.97. The highest BCUT2D eigenvalue weighted by Crippen LogP contribution is 2.24. The predicted octanol–water partition coefficient (Wildman–Crippen LogP) is 2.89. The lowest BCUT2D eigenvalue weighted by Crippen LogP contribution is -2.13. The zero-order valence-electron chi connectivity index (χ0n) is 12.8. The van der Waals surface area contributed by atoms with E-state index in [1.807, 2.05) is 13.8 Å². The summed E-state index contributed by atoms with van der Waals surface area (Å²) in [5.41, 5.74) is 0.648. The van der Waals surface area contributed by atoms with Crippen LogP contribution in [-0.4, -0.2) is 37.2 Å². The molecular formula is C16H16N4O2S. The molecule has 3 rings (SSSR count). The summed E-state index contributed by atoms with van der Waals surface area (Å²) in [5.74, 6) is 1.32. The Morgan fingerprint density at radius 3 is 2.83 bits per heavy atom. The maximum Gasteiger partial charge on any atom is 0.253 e. The lowest BCUT2D eigenvalue weighted by molar-refractivity contribution is 0.0994. The number of carbonyl (C=O) groups is 1. The largest absolute Gasteiger partial charge is 0.494 e. The molecule has 1 atom stereocenters. The van der Waals surface area contributed by atoms with Crippen LogP contribution in [0.4, 0.5) is 0 Å². The average molecular weight is 328 g/mol. The molecule has 2 heterocycles. The Bertz CT molecular complexity index is 783. The molecule has 7 heteroatoms. The van der Waals surface area contributed by atoms with Crippen molar-refractivity contribution >= 4 is 23.3 Å². The maximum atomic E-state index is 12.5. The Labute approximate surface area is 137 Å². The molecule has 0 saturated carbocycles. The molecule has 0 unspecified atom stereocenters. The molecule has 23 heavy (non-hydrogen) atoms. The van der Waals surface area contributed by atoms with Gasteiger partial charge in [0.05, 0.1) is 11.9 Å². The normalized spacial score (nSPS) is 12.3. The first-order chi connectivity index (χ1) is 11.2. The fourth-order valence-corrected chi connectivity index (χ4v) is 2.92. The Hall–Kier alpha value is -2.41. The third kappa shape index (κ3) is 3.50. The van der Waals surface area contributed by atoms with Crippen molar-refractivity contribution in [2.24, 2.45) is 0 Å². The lowest BCUT2D eigenvalue weighted by Gasteiger charge is -2.08. The summed E-state index contributed by atoms with van der Waals surface area (Å²) in [4.78, 5) is 20.9. The summed E-state index contributed by atoms with van der Waals surface area (Å²) in [6.07, 6.45) is 3.44. The molecule has 2 aromatic heterocycles. The minimum Gasteiger partial charge on any atom is -0.494 e. The van der Waals surface area contributed by atoms with Crippen molar-refractivity contribution < 1.29 is 9.53 Å². The zero-order valence-corrected chi connectivity index (χ0v) is 13.7. The first-order valence-electron chi connectivity index (χ1n) is 7.28. The predicted molar refractivity (Wildman–Crippen MR) is 88.0 cm³/mol. The molecule has 0 amide bonds. The van der Waals surface area contributed by atoms with Crippen LogP contribution in [0.3, 0.4) is 0 Å². The highest BCUT2D eigenvalue weighted by atomic mass is 32.2. The maximum absolute atomic E-state index is 12.5. The quantitative estimate of drug-likeness (QED) is 0.512. The van der Waals surface area contributed by atoms with Crippen molar-refractivity contribution in [1.82, 2.24) is 19.6 Å². The summed E-state index contributed by atoms with van der Waals surface area (Å²) < 4.78 is 6.98. The Balaban J connectivity index is 1.71. The van der Waals surface area contributed by atoms with Crippen LogP contribution in [0.2, 0.25) is 0 Å². The molecule has 0 aliphatic rings. The van der Waals surface area contributed by atoms with Crippen molar-refractivity contribution in [2.45, 2.75) is 24.3 Å². The SMILES string of the molecule is CCOc1ccc(C(=O)[C@@H](C)Sc2nc3ncccn3n2)cc1. The van der Waals surface area contributed by atoms with Gasteiger partial charge in [0.25, 0.3) is 5.78 Å². The van der Waals surface area contributed by atoms with Gasteiger partial charge in [-0.15, -0.1) is 5.10 Å². The number of rotatable bonds is 6. The van der Waals surface area contributed by atoms with Crippen LogP contribution < -0.4 is 4.74 Å². The van der Waals surface area contributed by atoms with Gasteiger partial charge in [0.2, 0.25) is 5.16 Å². The van der Waals surface area contributed by atoms with Gasteiger partial charge in [-0.1, -0.05) is 11.8 Å². The first-order valence-corrected chi connectivity index (χ1v) is 8.16. The number of thioether (sulfide) groups is 1. The number of fused-ring (bicyclic) bond motifs is 1. The number of hydrogen-bond donors (Lipinski definition) is 0. The minimum atomic E-state index is -0.287. The molecule has 0 spiro atoms. The summed E-state index contributed by atoms with van der Waals surface area (Å²) in [6.45, 7) is 4.38. The van der Waals surface area contributed by atoms with Gasteiger partial charge >= 0.3 is 0 Å². The molecule has 0 bridgehead atoms. The highest BCUT2D eigenvalue weighted by Gasteiger charge is 2.19. The van der Waals surface area contributed by atoms with Crippen LogP contribution in [-0.2, 0) is 0 Å². The summed E-state index contributed by atoms with van der Waals surface area (Å²) >= 11 is 1.32. The van der Waals surface area contributed by atoms with Crippen molar-refractivity contribution in [3.63, 3.8) is 0 Å². The van der Waals surface area contributed by atoms with Gasteiger partial charge < -0.3 is 4.74 Å². The van der Waals surface area contributed by atoms with E-state index in [2.05, 4.69) is 15.1 Å². The van der Waals surface area contributed by atoms with Crippen LogP contribution in [0.5, 0.6) is 5.75 Å². The van der Waals surface area contributed by atoms with Gasteiger partial charge in [-0.05, 0) is 44.2 Å². The van der Waals surface area contributed by atoms with Gasteiger partial charge in [0.1, 0.15) is 5.75 Å². The third-order valence-electron chi connectivity index (χ3n) is 3.20. The molecule has 118 valence electrons. The van der Waals surface area contributed by atoms with E-state index in [9.17, 15) is 4.79 Å². The number of Topliss-reactive ketones (excluding diaryl/α,β-unsaturated/α-hetero) is 1. The highest BCUT2D eigenvalue weighted by molar-refractivity contribution is 8.00. The number of benzene rings is 1. The van der Waals surface area contributed by atoms with Crippen molar-refractivity contribution in [3.05, 3.63) is 48.3 Å². The fraction of sp³-hybridized carbons (Fsp3) is 0.250.